The Labute approximate surface area is 80.9 Å². The molecule has 0 spiro atoms. The minimum absolute atomic E-state index is 0.00932. The number of hydrogen-bond donors (Lipinski definition) is 2. The van der Waals surface area contributed by atoms with Gasteiger partial charge < -0.3 is 10.5 Å². The van der Waals surface area contributed by atoms with E-state index in [1.807, 2.05) is 13.8 Å². The van der Waals surface area contributed by atoms with Gasteiger partial charge in [-0.2, -0.15) is 4.99 Å². The quantitative estimate of drug-likeness (QED) is 0.627. The molecule has 0 aliphatic carbocycles. The van der Waals surface area contributed by atoms with Gasteiger partial charge in [-0.25, -0.2) is 4.79 Å². The molecule has 0 saturated heterocycles. The molecule has 0 fully saturated rings. The molecule has 0 radical (unpaired) electrons. The highest BCUT2D eigenvalue weighted by atomic mass is 16.5. The summed E-state index contributed by atoms with van der Waals surface area (Å²) >= 11 is 0. The number of carbonyl (C=O) groups is 1. The number of hydrogen-bond acceptors (Lipinski definition) is 3. The Kier molecular flexibility index (Phi) is 3.22. The smallest absolute Gasteiger partial charge is 0.343 e. The number of nitrogens with one attached hydrogen (secondary N) is 1. The van der Waals surface area contributed by atoms with E-state index in [-0.39, 0.29) is 11.5 Å². The van der Waals surface area contributed by atoms with Gasteiger partial charge in [0, 0.05) is 6.04 Å². The Morgan fingerprint density at radius 1 is 1.71 bits per heavy atom. The molecular formula is C8H12N4O2. The van der Waals surface area contributed by atoms with Crippen LogP contribution < -0.4 is 10.8 Å². The van der Waals surface area contributed by atoms with Crippen LogP contribution in [0.2, 0.25) is 0 Å². The van der Waals surface area contributed by atoms with E-state index < -0.39 is 6.03 Å². The van der Waals surface area contributed by atoms with E-state index in [2.05, 4.69) is 15.4 Å². The molecule has 1 aromatic heterocycles. The number of urea groups is 1. The molecule has 0 aromatic carbocycles. The fourth-order valence-electron chi connectivity index (χ4n) is 0.822. The third-order valence-electron chi connectivity index (χ3n) is 1.34. The largest absolute Gasteiger partial charge is 0.410 e. The predicted octanol–water partition coefficient (Wildman–Crippen LogP) is 0.139. The van der Waals surface area contributed by atoms with Gasteiger partial charge in [0.15, 0.2) is 5.49 Å². The summed E-state index contributed by atoms with van der Waals surface area (Å²) in [5, 5.41) is 15.2. The SMILES string of the molecule is CC(C)NC(=O)/N=c1/cccnn1O. The summed E-state index contributed by atoms with van der Waals surface area (Å²) < 4.78 is 0. The van der Waals surface area contributed by atoms with Crippen LogP contribution in [0.25, 0.3) is 0 Å². The van der Waals surface area contributed by atoms with Gasteiger partial charge in [-0.05, 0) is 26.0 Å². The third-order valence-corrected chi connectivity index (χ3v) is 1.34. The van der Waals surface area contributed by atoms with Crippen LogP contribution in [0.4, 0.5) is 4.79 Å². The molecule has 2 N–H and O–H groups in total. The number of nitrogens with zero attached hydrogens (tertiary/aromatic N) is 3. The zero-order valence-electron chi connectivity index (χ0n) is 8.01. The zero-order chi connectivity index (χ0) is 10.6. The van der Waals surface area contributed by atoms with E-state index in [4.69, 9.17) is 5.21 Å². The van der Waals surface area contributed by atoms with Crippen molar-refractivity contribution in [3.05, 3.63) is 23.8 Å². The third kappa shape index (κ3) is 2.89. The van der Waals surface area contributed by atoms with Gasteiger partial charge in [-0.3, -0.25) is 0 Å². The van der Waals surface area contributed by atoms with Gasteiger partial charge in [0.2, 0.25) is 0 Å². The summed E-state index contributed by atoms with van der Waals surface area (Å²) in [5.41, 5.74) is 0.0886. The monoisotopic (exact) mass is 196 g/mol. The molecule has 1 heterocycles. The topological polar surface area (TPSA) is 79.5 Å². The summed E-state index contributed by atoms with van der Waals surface area (Å²) in [6.45, 7) is 3.65. The highest BCUT2D eigenvalue weighted by Gasteiger charge is 2.00. The number of carbonyl (C=O) groups excluding carboxylic acids is 1. The first-order chi connectivity index (χ1) is 6.59. The van der Waals surface area contributed by atoms with Crippen molar-refractivity contribution < 1.29 is 10.0 Å². The van der Waals surface area contributed by atoms with Crippen LogP contribution in [-0.2, 0) is 0 Å². The molecule has 14 heavy (non-hydrogen) atoms. The molecule has 6 nitrogen and oxygen atoms in total. The van der Waals surface area contributed by atoms with Crippen LogP contribution >= 0.6 is 0 Å². The molecule has 0 atom stereocenters. The molecule has 6 heteroatoms. The number of aromatic nitrogens is 2. The van der Waals surface area contributed by atoms with Crippen molar-refractivity contribution in [1.82, 2.24) is 15.3 Å². The molecule has 0 saturated carbocycles. The van der Waals surface area contributed by atoms with Crippen LogP contribution in [0.15, 0.2) is 23.3 Å². The maximum absolute atomic E-state index is 11.1. The second kappa shape index (κ2) is 4.40. The molecule has 76 valence electrons. The van der Waals surface area contributed by atoms with Crippen molar-refractivity contribution in [2.75, 3.05) is 0 Å². The first kappa shape index (κ1) is 10.2. The van der Waals surface area contributed by atoms with E-state index >= 15 is 0 Å². The Bertz CT molecular complexity index is 383. The van der Waals surface area contributed by atoms with E-state index in [1.54, 1.807) is 6.07 Å². The Balaban J connectivity index is 2.88. The van der Waals surface area contributed by atoms with E-state index in [1.165, 1.54) is 12.3 Å². The fourth-order valence-corrected chi connectivity index (χ4v) is 0.822. The van der Waals surface area contributed by atoms with Gasteiger partial charge in [-0.1, -0.05) is 4.85 Å². The fraction of sp³-hybridized carbons (Fsp3) is 0.375. The Morgan fingerprint density at radius 3 is 3.00 bits per heavy atom. The summed E-state index contributed by atoms with van der Waals surface area (Å²) in [4.78, 5) is 15.3. The lowest BCUT2D eigenvalue weighted by molar-refractivity contribution is 0.131. The first-order valence-corrected chi connectivity index (χ1v) is 4.18. The van der Waals surface area contributed by atoms with Crippen LogP contribution in [-0.4, -0.2) is 27.2 Å². The van der Waals surface area contributed by atoms with Gasteiger partial charge in [-0.15, -0.1) is 5.10 Å². The lowest BCUT2D eigenvalue weighted by Crippen LogP contribution is -2.31. The maximum atomic E-state index is 11.1. The molecule has 1 aromatic rings. The van der Waals surface area contributed by atoms with Crippen LogP contribution in [0.1, 0.15) is 13.8 Å². The second-order valence-electron chi connectivity index (χ2n) is 2.99. The van der Waals surface area contributed by atoms with Crippen LogP contribution in [0.5, 0.6) is 0 Å². The Hall–Kier alpha value is -1.85. The van der Waals surface area contributed by atoms with Crippen LogP contribution in [0, 0.1) is 0 Å². The number of amides is 2. The van der Waals surface area contributed by atoms with Crippen molar-refractivity contribution in [1.29, 1.82) is 0 Å². The average molecular weight is 196 g/mol. The highest BCUT2D eigenvalue weighted by molar-refractivity contribution is 5.74. The molecule has 0 bridgehead atoms. The van der Waals surface area contributed by atoms with E-state index in [0.29, 0.717) is 4.85 Å². The normalized spacial score (nSPS) is 11.8. The van der Waals surface area contributed by atoms with Crippen molar-refractivity contribution in [2.24, 2.45) is 4.99 Å². The van der Waals surface area contributed by atoms with Crippen molar-refractivity contribution in [3.63, 3.8) is 0 Å². The molecule has 0 aliphatic rings. The lowest BCUT2D eigenvalue weighted by Gasteiger charge is -2.03. The zero-order valence-corrected chi connectivity index (χ0v) is 8.01. The Morgan fingerprint density at radius 2 is 2.43 bits per heavy atom. The van der Waals surface area contributed by atoms with Gasteiger partial charge in [0.05, 0.1) is 6.20 Å². The van der Waals surface area contributed by atoms with Crippen molar-refractivity contribution in [2.45, 2.75) is 19.9 Å². The summed E-state index contributed by atoms with van der Waals surface area (Å²) in [5.74, 6) is 0. The molecule has 2 amide bonds. The van der Waals surface area contributed by atoms with Gasteiger partial charge in [0.25, 0.3) is 0 Å². The maximum Gasteiger partial charge on any atom is 0.343 e. The molecular weight excluding hydrogens is 184 g/mol. The summed E-state index contributed by atoms with van der Waals surface area (Å²) in [6, 6.07) is 2.56. The average Bonchev–Trinajstić information content (AvgIpc) is 2.07. The highest BCUT2D eigenvalue weighted by Crippen LogP contribution is 1.79. The van der Waals surface area contributed by atoms with Gasteiger partial charge >= 0.3 is 6.03 Å². The van der Waals surface area contributed by atoms with E-state index in [9.17, 15) is 4.79 Å². The standard InChI is InChI=1S/C8H12N4O2/c1-6(2)10-8(13)11-7-4-3-5-9-12(7)14/h3-6,14H,1-2H3,(H,10,13)/b11-7-. The summed E-state index contributed by atoms with van der Waals surface area (Å²) in [6.07, 6.45) is 1.39. The number of rotatable bonds is 1. The minimum atomic E-state index is -0.504. The van der Waals surface area contributed by atoms with Crippen LogP contribution in [0.3, 0.4) is 0 Å². The first-order valence-electron chi connectivity index (χ1n) is 4.18. The molecule has 1 rings (SSSR count). The van der Waals surface area contributed by atoms with Crippen molar-refractivity contribution >= 4 is 6.03 Å². The minimum Gasteiger partial charge on any atom is -0.410 e. The van der Waals surface area contributed by atoms with Crippen molar-refractivity contribution in [3.8, 4) is 0 Å². The predicted molar refractivity (Wildman–Crippen MR) is 48.6 cm³/mol. The second-order valence-corrected chi connectivity index (χ2v) is 2.99. The van der Waals surface area contributed by atoms with E-state index in [0.717, 1.165) is 0 Å². The lowest BCUT2D eigenvalue weighted by atomic mass is 10.4. The van der Waals surface area contributed by atoms with Gasteiger partial charge in [0.1, 0.15) is 0 Å². The molecule has 0 aliphatic heterocycles. The molecule has 0 unspecified atom stereocenters. The summed E-state index contributed by atoms with van der Waals surface area (Å²) in [7, 11) is 0.